The van der Waals surface area contributed by atoms with E-state index in [0.717, 1.165) is 11.5 Å². The number of hydrogen-bond acceptors (Lipinski definition) is 3. The highest BCUT2D eigenvalue weighted by Gasteiger charge is 2.06. The molecule has 17 heavy (non-hydrogen) atoms. The molecular weight excluding hydrogens is 234 g/mol. The van der Waals surface area contributed by atoms with Gasteiger partial charge in [-0.3, -0.25) is 0 Å². The third kappa shape index (κ3) is 2.55. The highest BCUT2D eigenvalue weighted by atomic mass is 35.5. The Hall–Kier alpha value is -2.05. The van der Waals surface area contributed by atoms with Crippen LogP contribution in [0, 0.1) is 11.3 Å². The van der Waals surface area contributed by atoms with Crippen LogP contribution in [0.1, 0.15) is 5.56 Å². The van der Waals surface area contributed by atoms with Crippen molar-refractivity contribution >= 4 is 23.1 Å². The Morgan fingerprint density at radius 1 is 1.24 bits per heavy atom. The Balaban J connectivity index is 2.37. The molecular formula is C13H10ClN3. The van der Waals surface area contributed by atoms with E-state index in [-0.39, 0.29) is 0 Å². The lowest BCUT2D eigenvalue weighted by Crippen LogP contribution is -2.11. The van der Waals surface area contributed by atoms with E-state index in [1.165, 1.54) is 0 Å². The highest BCUT2D eigenvalue weighted by molar-refractivity contribution is 6.29. The molecule has 0 unspecified atom stereocenters. The standard InChI is InChI=1S/C13H10ClN3/c1-17(13-7-3-6-12(14)16-13)11-5-2-4-10(8-11)9-15/h2-8H,1H3. The molecule has 0 aliphatic rings. The second-order valence-electron chi connectivity index (χ2n) is 3.54. The van der Waals surface area contributed by atoms with Gasteiger partial charge in [-0.1, -0.05) is 23.7 Å². The molecule has 0 saturated heterocycles. The second kappa shape index (κ2) is 4.86. The van der Waals surface area contributed by atoms with Gasteiger partial charge >= 0.3 is 0 Å². The number of nitrogens with zero attached hydrogens (tertiary/aromatic N) is 3. The van der Waals surface area contributed by atoms with Gasteiger partial charge in [0.15, 0.2) is 0 Å². The molecule has 0 spiro atoms. The first-order valence-corrected chi connectivity index (χ1v) is 5.45. The van der Waals surface area contributed by atoms with Crippen LogP contribution in [0.2, 0.25) is 5.15 Å². The molecule has 0 radical (unpaired) electrons. The van der Waals surface area contributed by atoms with Crippen LogP contribution in [0.4, 0.5) is 11.5 Å². The van der Waals surface area contributed by atoms with E-state index in [1.807, 2.05) is 42.3 Å². The fourth-order valence-corrected chi connectivity index (χ4v) is 1.66. The van der Waals surface area contributed by atoms with Crippen molar-refractivity contribution in [3.8, 4) is 6.07 Å². The Morgan fingerprint density at radius 3 is 2.71 bits per heavy atom. The minimum absolute atomic E-state index is 0.450. The molecule has 2 rings (SSSR count). The molecule has 0 fully saturated rings. The van der Waals surface area contributed by atoms with Gasteiger partial charge < -0.3 is 4.90 Å². The van der Waals surface area contributed by atoms with E-state index in [1.54, 1.807) is 12.1 Å². The molecule has 2 aromatic rings. The predicted octanol–water partition coefficient (Wildman–Crippen LogP) is 3.37. The Morgan fingerprint density at radius 2 is 2.00 bits per heavy atom. The van der Waals surface area contributed by atoms with Crippen LogP contribution in [0.5, 0.6) is 0 Å². The predicted molar refractivity (Wildman–Crippen MR) is 68.5 cm³/mol. The maximum absolute atomic E-state index is 8.85. The second-order valence-corrected chi connectivity index (χ2v) is 3.93. The number of benzene rings is 1. The van der Waals surface area contributed by atoms with Crippen molar-refractivity contribution in [2.45, 2.75) is 0 Å². The average molecular weight is 244 g/mol. The van der Waals surface area contributed by atoms with E-state index >= 15 is 0 Å². The molecule has 1 aromatic carbocycles. The third-order valence-electron chi connectivity index (χ3n) is 2.41. The maximum atomic E-state index is 8.85. The van der Waals surface area contributed by atoms with Crippen LogP contribution in [0.15, 0.2) is 42.5 Å². The SMILES string of the molecule is CN(c1cccc(C#N)c1)c1cccc(Cl)n1. The van der Waals surface area contributed by atoms with E-state index in [4.69, 9.17) is 16.9 Å². The molecule has 4 heteroatoms. The monoisotopic (exact) mass is 243 g/mol. The summed E-state index contributed by atoms with van der Waals surface area (Å²) < 4.78 is 0. The average Bonchev–Trinajstić information content (AvgIpc) is 2.38. The summed E-state index contributed by atoms with van der Waals surface area (Å²) in [6.07, 6.45) is 0. The maximum Gasteiger partial charge on any atom is 0.134 e. The zero-order valence-electron chi connectivity index (χ0n) is 9.26. The molecule has 0 N–H and O–H groups in total. The van der Waals surface area contributed by atoms with Crippen molar-refractivity contribution in [1.82, 2.24) is 4.98 Å². The van der Waals surface area contributed by atoms with Crippen molar-refractivity contribution in [3.63, 3.8) is 0 Å². The molecule has 1 aromatic heterocycles. The largest absolute Gasteiger partial charge is 0.329 e. The van der Waals surface area contributed by atoms with E-state index in [2.05, 4.69) is 11.1 Å². The van der Waals surface area contributed by atoms with Gasteiger partial charge in [0.25, 0.3) is 0 Å². The van der Waals surface area contributed by atoms with Crippen molar-refractivity contribution in [3.05, 3.63) is 53.2 Å². The number of hydrogen-bond donors (Lipinski definition) is 0. The van der Waals surface area contributed by atoms with Gasteiger partial charge in [0, 0.05) is 12.7 Å². The minimum Gasteiger partial charge on any atom is -0.329 e. The molecule has 0 amide bonds. The Bertz CT molecular complexity index is 575. The molecule has 3 nitrogen and oxygen atoms in total. The highest BCUT2D eigenvalue weighted by Crippen LogP contribution is 2.23. The summed E-state index contributed by atoms with van der Waals surface area (Å²) in [4.78, 5) is 6.10. The zero-order chi connectivity index (χ0) is 12.3. The number of nitriles is 1. The fraction of sp³-hybridized carbons (Fsp3) is 0.0769. The lowest BCUT2D eigenvalue weighted by molar-refractivity contribution is 1.13. The Kier molecular flexibility index (Phi) is 3.27. The van der Waals surface area contributed by atoms with Crippen molar-refractivity contribution < 1.29 is 0 Å². The third-order valence-corrected chi connectivity index (χ3v) is 2.62. The van der Waals surface area contributed by atoms with Crippen LogP contribution in [-0.2, 0) is 0 Å². The summed E-state index contributed by atoms with van der Waals surface area (Å²) in [5.41, 5.74) is 1.52. The fourth-order valence-electron chi connectivity index (χ4n) is 1.50. The van der Waals surface area contributed by atoms with Crippen LogP contribution in [0.3, 0.4) is 0 Å². The first kappa shape index (κ1) is 11.4. The first-order valence-electron chi connectivity index (χ1n) is 5.07. The van der Waals surface area contributed by atoms with Crippen molar-refractivity contribution in [2.75, 3.05) is 11.9 Å². The smallest absolute Gasteiger partial charge is 0.134 e. The van der Waals surface area contributed by atoms with Gasteiger partial charge in [-0.2, -0.15) is 5.26 Å². The summed E-state index contributed by atoms with van der Waals surface area (Å²) in [6.45, 7) is 0. The number of rotatable bonds is 2. The normalized spacial score (nSPS) is 9.71. The number of pyridine rings is 1. The number of anilines is 2. The van der Waals surface area contributed by atoms with Gasteiger partial charge in [-0.05, 0) is 30.3 Å². The lowest BCUT2D eigenvalue weighted by Gasteiger charge is -2.18. The van der Waals surface area contributed by atoms with Gasteiger partial charge in [0.1, 0.15) is 11.0 Å². The zero-order valence-corrected chi connectivity index (χ0v) is 10.0. The van der Waals surface area contributed by atoms with Crippen LogP contribution >= 0.6 is 11.6 Å². The van der Waals surface area contributed by atoms with Gasteiger partial charge in [0.2, 0.25) is 0 Å². The van der Waals surface area contributed by atoms with E-state index in [0.29, 0.717) is 10.7 Å². The molecule has 0 aliphatic carbocycles. The molecule has 0 saturated carbocycles. The quantitative estimate of drug-likeness (QED) is 0.760. The van der Waals surface area contributed by atoms with E-state index in [9.17, 15) is 0 Å². The van der Waals surface area contributed by atoms with Crippen molar-refractivity contribution in [1.29, 1.82) is 5.26 Å². The van der Waals surface area contributed by atoms with E-state index < -0.39 is 0 Å². The van der Waals surface area contributed by atoms with Gasteiger partial charge in [-0.25, -0.2) is 4.98 Å². The molecule has 0 bridgehead atoms. The Labute approximate surface area is 105 Å². The van der Waals surface area contributed by atoms with Crippen molar-refractivity contribution in [2.24, 2.45) is 0 Å². The van der Waals surface area contributed by atoms with Crippen LogP contribution < -0.4 is 4.90 Å². The molecule has 1 heterocycles. The summed E-state index contributed by atoms with van der Waals surface area (Å²) in [6, 6.07) is 14.9. The van der Waals surface area contributed by atoms with Gasteiger partial charge in [0.05, 0.1) is 11.6 Å². The summed E-state index contributed by atoms with van der Waals surface area (Å²) in [5.74, 6) is 0.743. The topological polar surface area (TPSA) is 39.9 Å². The molecule has 0 atom stereocenters. The summed E-state index contributed by atoms with van der Waals surface area (Å²) in [7, 11) is 1.88. The summed E-state index contributed by atoms with van der Waals surface area (Å²) in [5, 5.41) is 9.30. The van der Waals surface area contributed by atoms with Gasteiger partial charge in [-0.15, -0.1) is 0 Å². The number of halogens is 1. The molecule has 0 aliphatic heterocycles. The minimum atomic E-state index is 0.450. The van der Waals surface area contributed by atoms with Crippen LogP contribution in [0.25, 0.3) is 0 Å². The van der Waals surface area contributed by atoms with Crippen LogP contribution in [-0.4, -0.2) is 12.0 Å². The lowest BCUT2D eigenvalue weighted by atomic mass is 10.2. The summed E-state index contributed by atoms with van der Waals surface area (Å²) >= 11 is 5.84. The molecule has 84 valence electrons. The number of aromatic nitrogens is 1. The first-order chi connectivity index (χ1) is 8.20.